The first kappa shape index (κ1) is 13.9. The van der Waals surface area contributed by atoms with Crippen LogP contribution in [0.1, 0.15) is 5.56 Å². The first-order valence-electron chi connectivity index (χ1n) is 4.49. The number of phenolic OH excluding ortho intramolecular Hbond substituents is 1. The van der Waals surface area contributed by atoms with Crippen molar-refractivity contribution in [1.29, 1.82) is 0 Å². The van der Waals surface area contributed by atoms with Crippen molar-refractivity contribution in [2.45, 2.75) is 0 Å². The normalized spacial score (nSPS) is 10.3. The molecule has 0 saturated heterocycles. The number of carbonyl (C=O) groups excluding carboxylic acids is 1. The third-order valence-corrected chi connectivity index (χ3v) is 2.44. The van der Waals surface area contributed by atoms with Crippen LogP contribution in [0, 0.1) is 10.1 Å². The second-order valence-corrected chi connectivity index (χ2v) is 3.84. The van der Waals surface area contributed by atoms with Gasteiger partial charge in [0.25, 0.3) is 5.69 Å². The van der Waals surface area contributed by atoms with Gasteiger partial charge in [0.2, 0.25) is 0 Å². The number of rotatable bonds is 3. The van der Waals surface area contributed by atoms with E-state index < -0.39 is 11.0 Å². The lowest BCUT2D eigenvalue weighted by molar-refractivity contribution is -0.385. The lowest BCUT2D eigenvalue weighted by Gasteiger charge is -2.02. The molecule has 0 bridgehead atoms. The summed E-state index contributed by atoms with van der Waals surface area (Å²) in [5.74, 6) is -0.226. The van der Waals surface area contributed by atoms with Gasteiger partial charge in [-0.05, 0) is 15.9 Å². The molecule has 0 saturated carbocycles. The number of phenols is 1. The fourth-order valence-corrected chi connectivity index (χ4v) is 1.47. The molecular formula is C9H8BrN3O5. The zero-order valence-electron chi connectivity index (χ0n) is 9.08. The molecule has 1 amide bonds. The van der Waals surface area contributed by atoms with Crippen LogP contribution >= 0.6 is 15.9 Å². The molecular weight excluding hydrogens is 310 g/mol. The molecule has 8 nitrogen and oxygen atoms in total. The molecule has 0 aliphatic heterocycles. The molecule has 0 spiro atoms. The summed E-state index contributed by atoms with van der Waals surface area (Å²) in [5, 5.41) is 23.7. The molecule has 96 valence electrons. The fraction of sp³-hybridized carbons (Fsp3) is 0.111. The molecule has 0 unspecified atom stereocenters. The zero-order chi connectivity index (χ0) is 13.7. The maximum Gasteiger partial charge on any atom is 0.427 e. The molecule has 2 N–H and O–H groups in total. The van der Waals surface area contributed by atoms with Gasteiger partial charge in [-0.25, -0.2) is 10.2 Å². The van der Waals surface area contributed by atoms with E-state index in [0.29, 0.717) is 0 Å². The van der Waals surface area contributed by atoms with Crippen molar-refractivity contribution in [2.24, 2.45) is 5.10 Å². The summed E-state index contributed by atoms with van der Waals surface area (Å²) in [4.78, 5) is 20.7. The van der Waals surface area contributed by atoms with E-state index in [1.807, 2.05) is 5.43 Å². The minimum atomic E-state index is -0.796. The van der Waals surface area contributed by atoms with Crippen LogP contribution in [-0.2, 0) is 4.74 Å². The summed E-state index contributed by atoms with van der Waals surface area (Å²) in [6.07, 6.45) is 0.263. The summed E-state index contributed by atoms with van der Waals surface area (Å²) in [6, 6.07) is 2.27. The van der Waals surface area contributed by atoms with Crippen LogP contribution in [0.25, 0.3) is 0 Å². The molecule has 1 aromatic rings. The van der Waals surface area contributed by atoms with Gasteiger partial charge in [-0.15, -0.1) is 0 Å². The Hall–Kier alpha value is -2.16. The monoisotopic (exact) mass is 317 g/mol. The Labute approximate surface area is 110 Å². The lowest BCUT2D eigenvalue weighted by atomic mass is 10.2. The SMILES string of the molecule is COC(=O)N/N=C\c1cc([N+](=O)[O-])cc(Br)c1O. The minimum Gasteiger partial charge on any atom is -0.506 e. The Morgan fingerprint density at radius 1 is 1.67 bits per heavy atom. The highest BCUT2D eigenvalue weighted by molar-refractivity contribution is 9.10. The fourth-order valence-electron chi connectivity index (χ4n) is 1.01. The molecule has 0 aliphatic rings. The van der Waals surface area contributed by atoms with E-state index in [2.05, 4.69) is 25.8 Å². The van der Waals surface area contributed by atoms with Gasteiger partial charge in [0.1, 0.15) is 5.75 Å². The largest absolute Gasteiger partial charge is 0.506 e. The van der Waals surface area contributed by atoms with Crippen molar-refractivity contribution >= 4 is 33.9 Å². The third kappa shape index (κ3) is 3.42. The van der Waals surface area contributed by atoms with Crippen molar-refractivity contribution in [2.75, 3.05) is 7.11 Å². The number of aromatic hydroxyl groups is 1. The van der Waals surface area contributed by atoms with Gasteiger partial charge >= 0.3 is 6.09 Å². The van der Waals surface area contributed by atoms with Crippen LogP contribution in [0.15, 0.2) is 21.7 Å². The predicted molar refractivity (Wildman–Crippen MR) is 65.6 cm³/mol. The lowest BCUT2D eigenvalue weighted by Crippen LogP contribution is -2.16. The topological polar surface area (TPSA) is 114 Å². The number of nitro benzene ring substituents is 1. The summed E-state index contributed by atoms with van der Waals surface area (Å²) in [7, 11) is 1.16. The molecule has 0 radical (unpaired) electrons. The number of hydrogen-bond donors (Lipinski definition) is 2. The number of carbonyl (C=O) groups is 1. The highest BCUT2D eigenvalue weighted by Crippen LogP contribution is 2.31. The van der Waals surface area contributed by atoms with E-state index in [9.17, 15) is 20.0 Å². The van der Waals surface area contributed by atoms with Gasteiger partial charge in [0.15, 0.2) is 0 Å². The predicted octanol–water partition coefficient (Wildman–Crippen LogP) is 1.75. The van der Waals surface area contributed by atoms with E-state index in [4.69, 9.17) is 0 Å². The Morgan fingerprint density at radius 2 is 2.33 bits per heavy atom. The molecule has 0 heterocycles. The van der Waals surface area contributed by atoms with Gasteiger partial charge in [-0.1, -0.05) is 0 Å². The molecule has 0 atom stereocenters. The van der Waals surface area contributed by atoms with E-state index in [1.165, 1.54) is 0 Å². The standard InChI is InChI=1S/C9H8BrN3O5/c1-18-9(15)12-11-4-5-2-6(13(16)17)3-7(10)8(5)14/h2-4,14H,1H3,(H,12,15)/b11-4-. The summed E-state index contributed by atoms with van der Waals surface area (Å²) >= 11 is 2.97. The molecule has 0 aliphatic carbocycles. The van der Waals surface area contributed by atoms with Crippen LogP contribution in [0.5, 0.6) is 5.75 Å². The van der Waals surface area contributed by atoms with Gasteiger partial charge < -0.3 is 9.84 Å². The zero-order valence-corrected chi connectivity index (χ0v) is 10.7. The number of methoxy groups -OCH3 is 1. The first-order valence-corrected chi connectivity index (χ1v) is 5.29. The highest BCUT2D eigenvalue weighted by Gasteiger charge is 2.13. The van der Waals surface area contributed by atoms with Crippen molar-refractivity contribution in [3.8, 4) is 5.75 Å². The van der Waals surface area contributed by atoms with Gasteiger partial charge in [0, 0.05) is 17.7 Å². The minimum absolute atomic E-state index is 0.0764. The Morgan fingerprint density at radius 3 is 2.89 bits per heavy atom. The Kier molecular flexibility index (Phi) is 4.60. The molecule has 1 aromatic carbocycles. The van der Waals surface area contributed by atoms with Gasteiger partial charge in [-0.2, -0.15) is 5.10 Å². The van der Waals surface area contributed by atoms with Crippen LogP contribution in [-0.4, -0.2) is 29.4 Å². The van der Waals surface area contributed by atoms with Crippen molar-refractivity contribution < 1.29 is 19.6 Å². The quantitative estimate of drug-likeness (QED) is 0.500. The average Bonchev–Trinajstić information content (AvgIpc) is 2.33. The molecule has 9 heteroatoms. The van der Waals surface area contributed by atoms with Crippen molar-refractivity contribution in [1.82, 2.24) is 5.43 Å². The summed E-state index contributed by atoms with van der Waals surface area (Å²) in [6.45, 7) is 0. The number of non-ortho nitro benzene ring substituents is 1. The number of nitro groups is 1. The number of hydrogen-bond acceptors (Lipinski definition) is 6. The Balaban J connectivity index is 3.01. The smallest absolute Gasteiger partial charge is 0.427 e. The number of halogens is 1. The Bertz CT molecular complexity index is 517. The van der Waals surface area contributed by atoms with Gasteiger partial charge in [-0.3, -0.25) is 10.1 Å². The summed E-state index contributed by atoms with van der Waals surface area (Å²) < 4.78 is 4.41. The molecule has 1 rings (SSSR count). The third-order valence-electron chi connectivity index (χ3n) is 1.83. The number of nitrogens with zero attached hydrogens (tertiary/aromatic N) is 2. The first-order chi connectivity index (χ1) is 8.45. The number of nitrogens with one attached hydrogen (secondary N) is 1. The second-order valence-electron chi connectivity index (χ2n) is 2.98. The maximum absolute atomic E-state index is 10.7. The molecule has 0 aromatic heterocycles. The number of amides is 1. The number of benzene rings is 1. The van der Waals surface area contributed by atoms with E-state index in [0.717, 1.165) is 25.5 Å². The number of hydrazone groups is 1. The van der Waals surface area contributed by atoms with Crippen LogP contribution in [0.2, 0.25) is 0 Å². The van der Waals surface area contributed by atoms with Crippen molar-refractivity contribution in [3.63, 3.8) is 0 Å². The van der Waals surface area contributed by atoms with E-state index in [1.54, 1.807) is 0 Å². The van der Waals surface area contributed by atoms with Crippen LogP contribution < -0.4 is 5.43 Å². The van der Waals surface area contributed by atoms with Gasteiger partial charge in [0.05, 0.1) is 22.7 Å². The average molecular weight is 318 g/mol. The number of ether oxygens (including phenoxy) is 1. The molecule has 18 heavy (non-hydrogen) atoms. The van der Waals surface area contributed by atoms with Crippen LogP contribution in [0.4, 0.5) is 10.5 Å². The van der Waals surface area contributed by atoms with Crippen molar-refractivity contribution in [3.05, 3.63) is 32.3 Å². The second kappa shape index (κ2) is 5.96. The molecule has 0 fully saturated rings. The maximum atomic E-state index is 10.7. The highest BCUT2D eigenvalue weighted by atomic mass is 79.9. The van der Waals surface area contributed by atoms with E-state index in [-0.39, 0.29) is 21.5 Å². The van der Waals surface area contributed by atoms with E-state index >= 15 is 0 Å². The van der Waals surface area contributed by atoms with Crippen LogP contribution in [0.3, 0.4) is 0 Å². The summed E-state index contributed by atoms with van der Waals surface area (Å²) in [5.41, 5.74) is 1.84.